The topological polar surface area (TPSA) is 0 Å². The van der Waals surface area contributed by atoms with Gasteiger partial charge < -0.3 is 0 Å². The summed E-state index contributed by atoms with van der Waals surface area (Å²) < 4.78 is 0. The second-order valence-electron chi connectivity index (χ2n) is 3.14. The number of hydrogen-bond donors (Lipinski definition) is 0. The molecule has 0 saturated heterocycles. The van der Waals surface area contributed by atoms with Gasteiger partial charge in [0.25, 0.3) is 0 Å². The molecular formula is C10H16. The fourth-order valence-electron chi connectivity index (χ4n) is 1.22. The molecule has 0 heteroatoms. The largest absolute Gasteiger partial charge is 0.0874 e. The Hall–Kier alpha value is -0.520. The van der Waals surface area contributed by atoms with E-state index in [0.717, 1.165) is 5.92 Å². The number of hydrogen-bond acceptors (Lipinski definition) is 0. The SMILES string of the molecule is C/C=C\C(C)=C(\C)C1CC1. The van der Waals surface area contributed by atoms with Gasteiger partial charge in [-0.05, 0) is 39.5 Å². The molecule has 1 aliphatic carbocycles. The van der Waals surface area contributed by atoms with Gasteiger partial charge in [0.2, 0.25) is 0 Å². The summed E-state index contributed by atoms with van der Waals surface area (Å²) in [6.45, 7) is 6.53. The van der Waals surface area contributed by atoms with Crippen LogP contribution in [-0.2, 0) is 0 Å². The van der Waals surface area contributed by atoms with Crippen molar-refractivity contribution in [3.63, 3.8) is 0 Å². The molecule has 56 valence electrons. The van der Waals surface area contributed by atoms with Crippen LogP contribution in [0.25, 0.3) is 0 Å². The summed E-state index contributed by atoms with van der Waals surface area (Å²) in [5, 5.41) is 0. The monoisotopic (exact) mass is 136 g/mol. The molecule has 1 fully saturated rings. The molecule has 0 radical (unpaired) electrons. The Morgan fingerprint density at radius 2 is 1.90 bits per heavy atom. The van der Waals surface area contributed by atoms with Crippen LogP contribution < -0.4 is 0 Å². The standard InChI is InChI=1S/C10H16/c1-4-5-8(2)9(3)10-6-7-10/h4-5,10H,6-7H2,1-3H3/b5-4-,9-8-. The van der Waals surface area contributed by atoms with Crippen molar-refractivity contribution in [2.24, 2.45) is 5.92 Å². The highest BCUT2D eigenvalue weighted by atomic mass is 14.3. The predicted molar refractivity (Wildman–Crippen MR) is 45.9 cm³/mol. The molecule has 0 aromatic rings. The molecule has 10 heavy (non-hydrogen) atoms. The summed E-state index contributed by atoms with van der Waals surface area (Å²) in [5.41, 5.74) is 3.06. The van der Waals surface area contributed by atoms with Gasteiger partial charge in [-0.3, -0.25) is 0 Å². The minimum Gasteiger partial charge on any atom is -0.0874 e. The van der Waals surface area contributed by atoms with Gasteiger partial charge in [-0.2, -0.15) is 0 Å². The summed E-state index contributed by atoms with van der Waals surface area (Å²) in [6, 6.07) is 0. The lowest BCUT2D eigenvalue weighted by atomic mass is 10.1. The van der Waals surface area contributed by atoms with E-state index in [2.05, 4.69) is 32.9 Å². The Labute approximate surface area is 63.6 Å². The fraction of sp³-hybridized carbons (Fsp3) is 0.600. The Morgan fingerprint density at radius 3 is 2.30 bits per heavy atom. The third-order valence-corrected chi connectivity index (χ3v) is 2.23. The number of rotatable bonds is 2. The molecule has 0 atom stereocenters. The van der Waals surface area contributed by atoms with Gasteiger partial charge in [0.1, 0.15) is 0 Å². The average Bonchev–Trinajstić information content (AvgIpc) is 2.68. The molecule has 0 unspecified atom stereocenters. The van der Waals surface area contributed by atoms with Crippen molar-refractivity contribution in [2.45, 2.75) is 33.6 Å². The normalized spacial score (nSPS) is 21.5. The van der Waals surface area contributed by atoms with Crippen LogP contribution in [0.2, 0.25) is 0 Å². The number of allylic oxidation sites excluding steroid dienone is 4. The smallest absolute Gasteiger partial charge is 0.0200 e. The summed E-state index contributed by atoms with van der Waals surface area (Å²) in [5.74, 6) is 0.927. The predicted octanol–water partition coefficient (Wildman–Crippen LogP) is 3.31. The summed E-state index contributed by atoms with van der Waals surface area (Å²) in [4.78, 5) is 0. The minimum absolute atomic E-state index is 0.927. The van der Waals surface area contributed by atoms with E-state index in [1.807, 2.05) is 0 Å². The Balaban J connectivity index is 2.61. The molecule has 0 spiro atoms. The van der Waals surface area contributed by atoms with Crippen LogP contribution >= 0.6 is 0 Å². The van der Waals surface area contributed by atoms with Crippen molar-refractivity contribution in [3.8, 4) is 0 Å². The molecule has 1 rings (SSSR count). The van der Waals surface area contributed by atoms with Gasteiger partial charge in [0.05, 0.1) is 0 Å². The maximum Gasteiger partial charge on any atom is -0.0200 e. The van der Waals surface area contributed by atoms with Gasteiger partial charge in [0, 0.05) is 0 Å². The van der Waals surface area contributed by atoms with E-state index >= 15 is 0 Å². The van der Waals surface area contributed by atoms with E-state index in [0.29, 0.717) is 0 Å². The first-order valence-electron chi connectivity index (χ1n) is 4.05. The van der Waals surface area contributed by atoms with Crippen LogP contribution in [0.4, 0.5) is 0 Å². The minimum atomic E-state index is 0.927. The second-order valence-corrected chi connectivity index (χ2v) is 3.14. The first-order valence-corrected chi connectivity index (χ1v) is 4.05. The van der Waals surface area contributed by atoms with Crippen LogP contribution in [0.1, 0.15) is 33.6 Å². The maximum absolute atomic E-state index is 2.26. The first kappa shape index (κ1) is 7.59. The quantitative estimate of drug-likeness (QED) is 0.511. The van der Waals surface area contributed by atoms with Gasteiger partial charge in [-0.1, -0.05) is 23.3 Å². The highest BCUT2D eigenvalue weighted by molar-refractivity contribution is 5.25. The maximum atomic E-state index is 2.26. The van der Waals surface area contributed by atoms with Crippen molar-refractivity contribution in [1.82, 2.24) is 0 Å². The molecule has 0 aliphatic heterocycles. The molecule has 0 amide bonds. The van der Waals surface area contributed by atoms with Gasteiger partial charge in [0.15, 0.2) is 0 Å². The zero-order valence-corrected chi connectivity index (χ0v) is 7.15. The molecule has 0 bridgehead atoms. The van der Waals surface area contributed by atoms with Crippen LogP contribution in [0.3, 0.4) is 0 Å². The summed E-state index contributed by atoms with van der Waals surface area (Å²) >= 11 is 0. The fourth-order valence-corrected chi connectivity index (χ4v) is 1.22. The summed E-state index contributed by atoms with van der Waals surface area (Å²) in [6.07, 6.45) is 7.15. The molecule has 0 heterocycles. The van der Waals surface area contributed by atoms with Crippen molar-refractivity contribution in [3.05, 3.63) is 23.3 Å². The second kappa shape index (κ2) is 3.05. The zero-order valence-electron chi connectivity index (χ0n) is 7.15. The molecule has 0 aromatic carbocycles. The van der Waals surface area contributed by atoms with Crippen molar-refractivity contribution >= 4 is 0 Å². The molecule has 0 N–H and O–H groups in total. The van der Waals surface area contributed by atoms with Gasteiger partial charge >= 0.3 is 0 Å². The van der Waals surface area contributed by atoms with E-state index in [-0.39, 0.29) is 0 Å². The summed E-state index contributed by atoms with van der Waals surface area (Å²) in [7, 11) is 0. The van der Waals surface area contributed by atoms with Crippen LogP contribution in [0.15, 0.2) is 23.3 Å². The average molecular weight is 136 g/mol. The van der Waals surface area contributed by atoms with Crippen molar-refractivity contribution in [1.29, 1.82) is 0 Å². The van der Waals surface area contributed by atoms with Crippen molar-refractivity contribution < 1.29 is 0 Å². The third kappa shape index (κ3) is 1.73. The first-order chi connectivity index (χ1) is 4.75. The van der Waals surface area contributed by atoms with E-state index < -0.39 is 0 Å². The van der Waals surface area contributed by atoms with Crippen LogP contribution in [-0.4, -0.2) is 0 Å². The molecular weight excluding hydrogens is 120 g/mol. The Kier molecular flexibility index (Phi) is 2.31. The van der Waals surface area contributed by atoms with E-state index in [1.54, 1.807) is 5.57 Å². The lowest BCUT2D eigenvalue weighted by molar-refractivity contribution is 0.984. The van der Waals surface area contributed by atoms with Crippen LogP contribution in [0.5, 0.6) is 0 Å². The molecule has 1 aliphatic rings. The Bertz CT molecular complexity index is 168. The molecule has 0 nitrogen and oxygen atoms in total. The lowest BCUT2D eigenvalue weighted by Gasteiger charge is -1.99. The Morgan fingerprint density at radius 1 is 1.30 bits per heavy atom. The van der Waals surface area contributed by atoms with Gasteiger partial charge in [-0.15, -0.1) is 0 Å². The lowest BCUT2D eigenvalue weighted by Crippen LogP contribution is -1.82. The van der Waals surface area contributed by atoms with Gasteiger partial charge in [-0.25, -0.2) is 0 Å². The zero-order chi connectivity index (χ0) is 7.56. The van der Waals surface area contributed by atoms with E-state index in [4.69, 9.17) is 0 Å². The molecule has 1 saturated carbocycles. The highest BCUT2D eigenvalue weighted by Gasteiger charge is 2.23. The van der Waals surface area contributed by atoms with E-state index in [1.165, 1.54) is 18.4 Å². The third-order valence-electron chi connectivity index (χ3n) is 2.23. The highest BCUT2D eigenvalue weighted by Crippen LogP contribution is 2.37. The van der Waals surface area contributed by atoms with E-state index in [9.17, 15) is 0 Å². The van der Waals surface area contributed by atoms with Crippen molar-refractivity contribution in [2.75, 3.05) is 0 Å². The van der Waals surface area contributed by atoms with Crippen LogP contribution in [0, 0.1) is 5.92 Å². The molecule has 0 aromatic heterocycles.